The van der Waals surface area contributed by atoms with E-state index in [2.05, 4.69) is 21.4 Å². The van der Waals surface area contributed by atoms with Gasteiger partial charge in [-0.25, -0.2) is 21.9 Å². The van der Waals surface area contributed by atoms with Gasteiger partial charge in [0.1, 0.15) is 16.5 Å². The maximum atomic E-state index is 14.1. The molecule has 0 saturated carbocycles. The second-order valence-electron chi connectivity index (χ2n) is 6.14. The molecule has 7 nitrogen and oxygen atoms in total. The van der Waals surface area contributed by atoms with E-state index in [4.69, 9.17) is 0 Å². The molecule has 30 heavy (non-hydrogen) atoms. The minimum absolute atomic E-state index is 0.121. The zero-order valence-corrected chi connectivity index (χ0v) is 16.8. The van der Waals surface area contributed by atoms with Gasteiger partial charge in [0, 0.05) is 12.1 Å². The highest BCUT2D eigenvalue weighted by atomic mass is 32.2. The van der Waals surface area contributed by atoms with Crippen molar-refractivity contribution in [3.05, 3.63) is 77.9 Å². The average Bonchev–Trinajstić information content (AvgIpc) is 2.72. The third-order valence-corrected chi connectivity index (χ3v) is 5.52. The number of nitrogens with one attached hydrogen (secondary N) is 2. The van der Waals surface area contributed by atoms with Crippen LogP contribution in [0.4, 0.5) is 8.78 Å². The topological polar surface area (TPSA) is 102 Å². The van der Waals surface area contributed by atoms with E-state index < -0.39 is 44.5 Å². The number of amides is 1. The Morgan fingerprint density at radius 3 is 2.43 bits per heavy atom. The van der Waals surface area contributed by atoms with Gasteiger partial charge in [-0.3, -0.25) is 9.59 Å². The predicted molar refractivity (Wildman–Crippen MR) is 105 cm³/mol. The Morgan fingerprint density at radius 1 is 1.17 bits per heavy atom. The quantitative estimate of drug-likeness (QED) is 0.463. The molecule has 0 aliphatic heterocycles. The van der Waals surface area contributed by atoms with Crippen molar-refractivity contribution >= 4 is 21.9 Å². The van der Waals surface area contributed by atoms with Gasteiger partial charge in [0.25, 0.3) is 5.91 Å². The molecule has 0 spiro atoms. The smallest absolute Gasteiger partial charge is 0.307 e. The monoisotopic (exact) mass is 438 g/mol. The molecule has 0 saturated heterocycles. The molecule has 0 bridgehead atoms. The van der Waals surface area contributed by atoms with Gasteiger partial charge in [-0.05, 0) is 35.9 Å². The van der Waals surface area contributed by atoms with Crippen LogP contribution in [0.15, 0.2) is 60.0 Å². The van der Waals surface area contributed by atoms with Crippen LogP contribution in [0.1, 0.15) is 28.4 Å². The number of sulfonamides is 1. The second-order valence-corrected chi connectivity index (χ2v) is 7.88. The van der Waals surface area contributed by atoms with Crippen molar-refractivity contribution in [2.45, 2.75) is 17.4 Å². The number of hydrogen-bond donors (Lipinski definition) is 2. The molecular weight excluding hydrogens is 418 g/mol. The lowest BCUT2D eigenvalue weighted by molar-refractivity contribution is -0.141. The van der Waals surface area contributed by atoms with Crippen molar-refractivity contribution in [3.63, 3.8) is 0 Å². The first-order chi connectivity index (χ1) is 14.2. The molecule has 0 fully saturated rings. The SMILES string of the molecule is C=CCNS(=O)(=O)c1cc(C(=O)NC(CC(=O)OC)c2ccc(F)cc2)ccc1F. The molecule has 2 N–H and O–H groups in total. The summed E-state index contributed by atoms with van der Waals surface area (Å²) in [6.45, 7) is 3.26. The first kappa shape index (κ1) is 23.2. The highest BCUT2D eigenvalue weighted by Gasteiger charge is 2.23. The van der Waals surface area contributed by atoms with Crippen LogP contribution < -0.4 is 10.0 Å². The Morgan fingerprint density at radius 2 is 1.83 bits per heavy atom. The lowest BCUT2D eigenvalue weighted by Gasteiger charge is -2.18. The Hall–Kier alpha value is -3.11. The van der Waals surface area contributed by atoms with Gasteiger partial charge in [-0.1, -0.05) is 18.2 Å². The third-order valence-electron chi connectivity index (χ3n) is 4.08. The number of hydrogen-bond acceptors (Lipinski definition) is 5. The highest BCUT2D eigenvalue weighted by Crippen LogP contribution is 2.21. The van der Waals surface area contributed by atoms with Crippen LogP contribution in [0.25, 0.3) is 0 Å². The number of halogens is 2. The fourth-order valence-corrected chi connectivity index (χ4v) is 3.64. The summed E-state index contributed by atoms with van der Waals surface area (Å²) in [5, 5.41) is 2.56. The first-order valence-corrected chi connectivity index (χ1v) is 10.2. The summed E-state index contributed by atoms with van der Waals surface area (Å²) in [7, 11) is -3.03. The molecule has 0 heterocycles. The maximum absolute atomic E-state index is 14.1. The van der Waals surface area contributed by atoms with Crippen molar-refractivity contribution in [2.75, 3.05) is 13.7 Å². The molecule has 2 aromatic carbocycles. The van der Waals surface area contributed by atoms with E-state index in [0.29, 0.717) is 5.56 Å². The van der Waals surface area contributed by atoms with Gasteiger partial charge in [-0.15, -0.1) is 6.58 Å². The highest BCUT2D eigenvalue weighted by molar-refractivity contribution is 7.89. The van der Waals surface area contributed by atoms with Gasteiger partial charge in [0.05, 0.1) is 19.6 Å². The number of carbonyl (C=O) groups is 2. The number of carbonyl (C=O) groups excluding carboxylic acids is 2. The minimum Gasteiger partial charge on any atom is -0.469 e. The Labute approximate surface area is 172 Å². The molecule has 0 aliphatic carbocycles. The van der Waals surface area contributed by atoms with Crippen LogP contribution in [0, 0.1) is 11.6 Å². The molecule has 2 rings (SSSR count). The Balaban J connectivity index is 2.33. The van der Waals surface area contributed by atoms with Crippen LogP contribution >= 0.6 is 0 Å². The molecule has 10 heteroatoms. The van der Waals surface area contributed by atoms with E-state index in [9.17, 15) is 26.8 Å². The average molecular weight is 438 g/mol. The Kier molecular flexibility index (Phi) is 7.79. The minimum atomic E-state index is -4.21. The summed E-state index contributed by atoms with van der Waals surface area (Å²) in [4.78, 5) is 23.7. The normalized spacial score (nSPS) is 12.1. The third kappa shape index (κ3) is 5.94. The predicted octanol–water partition coefficient (Wildman–Crippen LogP) is 2.46. The number of benzene rings is 2. The van der Waals surface area contributed by atoms with E-state index in [1.54, 1.807) is 0 Å². The second kappa shape index (κ2) is 10.1. The number of ether oxygens (including phenoxy) is 1. The van der Waals surface area contributed by atoms with Crippen molar-refractivity contribution < 1.29 is 31.5 Å². The fraction of sp³-hybridized carbons (Fsp3) is 0.200. The van der Waals surface area contributed by atoms with Crippen molar-refractivity contribution in [1.82, 2.24) is 10.0 Å². The van der Waals surface area contributed by atoms with Crippen molar-refractivity contribution in [2.24, 2.45) is 0 Å². The summed E-state index contributed by atoms with van der Waals surface area (Å²) in [6, 6.07) is 7.08. The van der Waals surface area contributed by atoms with Crippen LogP contribution in [0.2, 0.25) is 0 Å². The molecular formula is C20H20F2N2O5S. The van der Waals surface area contributed by atoms with Gasteiger partial charge in [0.2, 0.25) is 10.0 Å². The van der Waals surface area contributed by atoms with Crippen molar-refractivity contribution in [1.29, 1.82) is 0 Å². The van der Waals surface area contributed by atoms with E-state index >= 15 is 0 Å². The van der Waals surface area contributed by atoms with Crippen molar-refractivity contribution in [3.8, 4) is 0 Å². The molecule has 2 aromatic rings. The summed E-state index contributed by atoms with van der Waals surface area (Å²) in [5.41, 5.74) is 0.283. The van der Waals surface area contributed by atoms with E-state index in [1.807, 2.05) is 0 Å². The first-order valence-electron chi connectivity index (χ1n) is 8.71. The number of esters is 1. The zero-order valence-electron chi connectivity index (χ0n) is 16.0. The zero-order chi connectivity index (χ0) is 22.3. The molecule has 1 unspecified atom stereocenters. The lowest BCUT2D eigenvalue weighted by Crippen LogP contribution is -2.31. The van der Waals surface area contributed by atoms with E-state index in [0.717, 1.165) is 18.2 Å². The fourth-order valence-electron chi connectivity index (χ4n) is 2.54. The van der Waals surface area contributed by atoms with Gasteiger partial charge in [0.15, 0.2) is 0 Å². The van der Waals surface area contributed by atoms with Crippen LogP contribution in [-0.4, -0.2) is 33.9 Å². The van der Waals surface area contributed by atoms with E-state index in [-0.39, 0.29) is 18.5 Å². The van der Waals surface area contributed by atoms with Crippen LogP contribution in [0.5, 0.6) is 0 Å². The maximum Gasteiger partial charge on any atom is 0.307 e. The molecule has 1 amide bonds. The van der Waals surface area contributed by atoms with Gasteiger partial charge in [-0.2, -0.15) is 0 Å². The summed E-state index contributed by atoms with van der Waals surface area (Å²) >= 11 is 0. The lowest BCUT2D eigenvalue weighted by atomic mass is 10.0. The summed E-state index contributed by atoms with van der Waals surface area (Å²) in [5.74, 6) is -2.91. The molecule has 0 aliphatic rings. The largest absolute Gasteiger partial charge is 0.469 e. The molecule has 0 radical (unpaired) electrons. The van der Waals surface area contributed by atoms with Gasteiger partial charge >= 0.3 is 5.97 Å². The van der Waals surface area contributed by atoms with Crippen LogP contribution in [-0.2, 0) is 19.6 Å². The molecule has 1 atom stereocenters. The molecule has 160 valence electrons. The number of methoxy groups -OCH3 is 1. The summed E-state index contributed by atoms with van der Waals surface area (Å²) < 4.78 is 58.5. The van der Waals surface area contributed by atoms with E-state index in [1.165, 1.54) is 37.5 Å². The molecule has 0 aromatic heterocycles. The van der Waals surface area contributed by atoms with Crippen LogP contribution in [0.3, 0.4) is 0 Å². The summed E-state index contributed by atoms with van der Waals surface area (Å²) in [6.07, 6.45) is 1.03. The van der Waals surface area contributed by atoms with Gasteiger partial charge < -0.3 is 10.1 Å². The number of rotatable bonds is 9. The standard InChI is InChI=1S/C20H20F2N2O5S/c1-3-10-23-30(27,28)18-11-14(6-9-16(18)22)20(26)24-17(12-19(25)29-2)13-4-7-15(21)8-5-13/h3-9,11,17,23H,1,10,12H2,2H3,(H,24,26). The Bertz CT molecular complexity index is 1040.